The monoisotopic (exact) mass is 321 g/mol. The van der Waals surface area contributed by atoms with Gasteiger partial charge >= 0.3 is 5.97 Å². The van der Waals surface area contributed by atoms with E-state index in [1.54, 1.807) is 6.07 Å². The highest BCUT2D eigenvalue weighted by Gasteiger charge is 2.15. The molecule has 19 heavy (non-hydrogen) atoms. The zero-order valence-corrected chi connectivity index (χ0v) is 12.1. The van der Waals surface area contributed by atoms with Gasteiger partial charge in [-0.25, -0.2) is 9.78 Å². The molecule has 0 radical (unpaired) electrons. The molecule has 0 bridgehead atoms. The molecule has 0 spiro atoms. The number of aromatic nitrogens is 1. The number of aryl methyl sites for hydroxylation is 2. The predicted molar refractivity (Wildman–Crippen MR) is 74.9 cm³/mol. The number of aromatic carboxylic acids is 1. The summed E-state index contributed by atoms with van der Waals surface area (Å²) in [6.07, 6.45) is 1.51. The number of halogens is 1. The van der Waals surface area contributed by atoms with Crippen molar-refractivity contribution in [2.75, 3.05) is 0 Å². The molecule has 2 rings (SSSR count). The second-order valence-electron chi connectivity index (χ2n) is 4.18. The van der Waals surface area contributed by atoms with Crippen LogP contribution in [0.15, 0.2) is 34.9 Å². The van der Waals surface area contributed by atoms with Crippen molar-refractivity contribution in [3.05, 3.63) is 51.6 Å². The number of rotatable bonds is 3. The van der Waals surface area contributed by atoms with E-state index in [-0.39, 0.29) is 11.4 Å². The van der Waals surface area contributed by atoms with Crippen LogP contribution in [-0.2, 0) is 0 Å². The molecule has 1 aromatic carbocycles. The smallest absolute Gasteiger partial charge is 0.341 e. The molecule has 2 aromatic rings. The topological polar surface area (TPSA) is 59.4 Å². The molecular weight excluding hydrogens is 310 g/mol. The van der Waals surface area contributed by atoms with Crippen LogP contribution in [0.25, 0.3) is 0 Å². The minimum Gasteiger partial charge on any atom is -0.477 e. The number of carboxylic acids is 1. The molecule has 0 aliphatic carbocycles. The van der Waals surface area contributed by atoms with E-state index >= 15 is 0 Å². The maximum Gasteiger partial charge on any atom is 0.341 e. The summed E-state index contributed by atoms with van der Waals surface area (Å²) in [7, 11) is 0. The average Bonchev–Trinajstić information content (AvgIpc) is 2.34. The molecule has 98 valence electrons. The van der Waals surface area contributed by atoms with Gasteiger partial charge in [0, 0.05) is 10.7 Å². The first kappa shape index (κ1) is 13.5. The Bertz CT molecular complexity index is 641. The molecule has 0 saturated heterocycles. The Morgan fingerprint density at radius 1 is 1.32 bits per heavy atom. The zero-order chi connectivity index (χ0) is 14.0. The Labute approximate surface area is 119 Å². The van der Waals surface area contributed by atoms with Crippen molar-refractivity contribution in [2.45, 2.75) is 13.8 Å². The van der Waals surface area contributed by atoms with Crippen LogP contribution in [0.2, 0.25) is 0 Å². The number of hydrogen-bond acceptors (Lipinski definition) is 3. The fourth-order valence-corrected chi connectivity index (χ4v) is 2.01. The van der Waals surface area contributed by atoms with Gasteiger partial charge in [-0.05, 0) is 47.5 Å². The fraction of sp³-hybridized carbons (Fsp3) is 0.143. The molecule has 0 aliphatic rings. The van der Waals surface area contributed by atoms with Crippen molar-refractivity contribution in [3.8, 4) is 11.6 Å². The molecule has 1 N–H and O–H groups in total. The Morgan fingerprint density at radius 3 is 2.68 bits per heavy atom. The lowest BCUT2D eigenvalue weighted by atomic mass is 10.1. The number of benzene rings is 1. The van der Waals surface area contributed by atoms with E-state index in [0.29, 0.717) is 10.2 Å². The van der Waals surface area contributed by atoms with E-state index < -0.39 is 5.97 Å². The minimum absolute atomic E-state index is 0.0225. The third kappa shape index (κ3) is 3.12. The highest BCUT2D eigenvalue weighted by Crippen LogP contribution is 2.28. The van der Waals surface area contributed by atoms with Crippen molar-refractivity contribution in [1.29, 1.82) is 0 Å². The molecule has 0 unspecified atom stereocenters. The van der Waals surface area contributed by atoms with Crippen LogP contribution in [0.5, 0.6) is 11.6 Å². The SMILES string of the molecule is Cc1ccc(Oc2ncc(Br)cc2C(=O)O)c(C)c1. The first-order valence-electron chi connectivity index (χ1n) is 5.61. The van der Waals surface area contributed by atoms with E-state index in [1.807, 2.05) is 26.0 Å². The van der Waals surface area contributed by atoms with Gasteiger partial charge in [-0.15, -0.1) is 0 Å². The third-order valence-corrected chi connectivity index (χ3v) is 3.02. The van der Waals surface area contributed by atoms with E-state index in [9.17, 15) is 4.79 Å². The largest absolute Gasteiger partial charge is 0.477 e. The van der Waals surface area contributed by atoms with Gasteiger partial charge in [-0.2, -0.15) is 0 Å². The summed E-state index contributed by atoms with van der Waals surface area (Å²) in [5.74, 6) is -0.390. The molecule has 0 amide bonds. The average molecular weight is 322 g/mol. The van der Waals surface area contributed by atoms with Gasteiger partial charge in [0.15, 0.2) is 0 Å². The molecular formula is C14H12BrNO3. The Hall–Kier alpha value is -1.88. The lowest BCUT2D eigenvalue weighted by molar-refractivity contribution is 0.0693. The van der Waals surface area contributed by atoms with E-state index in [4.69, 9.17) is 9.84 Å². The van der Waals surface area contributed by atoms with Gasteiger partial charge in [0.1, 0.15) is 11.3 Å². The summed E-state index contributed by atoms with van der Waals surface area (Å²) < 4.78 is 6.19. The van der Waals surface area contributed by atoms with E-state index in [2.05, 4.69) is 20.9 Å². The third-order valence-electron chi connectivity index (χ3n) is 2.59. The maximum absolute atomic E-state index is 11.2. The van der Waals surface area contributed by atoms with Crippen molar-refractivity contribution in [2.24, 2.45) is 0 Å². The maximum atomic E-state index is 11.2. The van der Waals surface area contributed by atoms with Gasteiger partial charge in [0.2, 0.25) is 5.88 Å². The number of carbonyl (C=O) groups is 1. The highest BCUT2D eigenvalue weighted by atomic mass is 79.9. The molecule has 4 nitrogen and oxygen atoms in total. The lowest BCUT2D eigenvalue weighted by Gasteiger charge is -2.10. The number of ether oxygens (including phenoxy) is 1. The molecule has 0 fully saturated rings. The van der Waals surface area contributed by atoms with Crippen molar-refractivity contribution < 1.29 is 14.6 Å². The van der Waals surface area contributed by atoms with Crippen LogP contribution in [0.4, 0.5) is 0 Å². The number of nitrogens with zero attached hydrogens (tertiary/aromatic N) is 1. The summed E-state index contributed by atoms with van der Waals surface area (Å²) in [4.78, 5) is 15.2. The minimum atomic E-state index is -1.08. The summed E-state index contributed by atoms with van der Waals surface area (Å²) >= 11 is 3.19. The van der Waals surface area contributed by atoms with Crippen LogP contribution in [0.1, 0.15) is 21.5 Å². The second kappa shape index (κ2) is 5.40. The van der Waals surface area contributed by atoms with Crippen molar-refractivity contribution in [3.63, 3.8) is 0 Å². The Balaban J connectivity index is 2.40. The molecule has 0 aliphatic heterocycles. The number of pyridine rings is 1. The summed E-state index contributed by atoms with van der Waals surface area (Å²) in [6.45, 7) is 3.89. The molecule has 0 saturated carbocycles. The van der Waals surface area contributed by atoms with E-state index in [0.717, 1.165) is 11.1 Å². The number of carboxylic acid groups (broad SMARTS) is 1. The van der Waals surface area contributed by atoms with Crippen LogP contribution in [-0.4, -0.2) is 16.1 Å². The Morgan fingerprint density at radius 2 is 2.05 bits per heavy atom. The summed E-state index contributed by atoms with van der Waals surface area (Å²) in [5, 5.41) is 9.14. The van der Waals surface area contributed by atoms with Gasteiger partial charge in [0.05, 0.1) is 0 Å². The van der Waals surface area contributed by atoms with Gasteiger partial charge in [0.25, 0.3) is 0 Å². The Kier molecular flexibility index (Phi) is 3.85. The van der Waals surface area contributed by atoms with Crippen LogP contribution in [0.3, 0.4) is 0 Å². The quantitative estimate of drug-likeness (QED) is 0.929. The summed E-state index contributed by atoms with van der Waals surface area (Å²) in [5.41, 5.74) is 2.07. The summed E-state index contributed by atoms with van der Waals surface area (Å²) in [6, 6.07) is 7.14. The molecule has 0 atom stereocenters. The fourth-order valence-electron chi connectivity index (χ4n) is 1.68. The zero-order valence-electron chi connectivity index (χ0n) is 10.5. The van der Waals surface area contributed by atoms with Crippen molar-refractivity contribution >= 4 is 21.9 Å². The molecule has 1 heterocycles. The molecule has 5 heteroatoms. The first-order valence-corrected chi connectivity index (χ1v) is 6.40. The van der Waals surface area contributed by atoms with Crippen molar-refractivity contribution in [1.82, 2.24) is 4.98 Å². The van der Waals surface area contributed by atoms with Gasteiger partial charge in [-0.1, -0.05) is 17.7 Å². The number of hydrogen-bond donors (Lipinski definition) is 1. The normalized spacial score (nSPS) is 10.3. The highest BCUT2D eigenvalue weighted by molar-refractivity contribution is 9.10. The second-order valence-corrected chi connectivity index (χ2v) is 5.10. The lowest BCUT2D eigenvalue weighted by Crippen LogP contribution is -2.02. The van der Waals surface area contributed by atoms with E-state index in [1.165, 1.54) is 12.3 Å². The predicted octanol–water partition coefficient (Wildman–Crippen LogP) is 3.95. The van der Waals surface area contributed by atoms with Crippen LogP contribution in [0, 0.1) is 13.8 Å². The van der Waals surface area contributed by atoms with Gasteiger partial charge in [-0.3, -0.25) is 0 Å². The molecule has 1 aromatic heterocycles. The van der Waals surface area contributed by atoms with Crippen LogP contribution >= 0.6 is 15.9 Å². The van der Waals surface area contributed by atoms with Gasteiger partial charge < -0.3 is 9.84 Å². The first-order chi connectivity index (χ1) is 8.97. The standard InChI is InChI=1S/C14H12BrNO3/c1-8-3-4-12(9(2)5-8)19-13-11(14(17)18)6-10(15)7-16-13/h3-7H,1-2H3,(H,17,18). The van der Waals surface area contributed by atoms with Crippen LogP contribution < -0.4 is 4.74 Å².